The summed E-state index contributed by atoms with van der Waals surface area (Å²) in [5.74, 6) is 0.840. The summed E-state index contributed by atoms with van der Waals surface area (Å²) in [6.07, 6.45) is 3.88. The molecule has 4 nitrogen and oxygen atoms in total. The molecule has 0 spiro atoms. The second-order valence-electron chi connectivity index (χ2n) is 4.81. The molecule has 0 aliphatic carbocycles. The predicted molar refractivity (Wildman–Crippen MR) is 84.2 cm³/mol. The molecule has 2 aromatic heterocycles. The van der Waals surface area contributed by atoms with Gasteiger partial charge in [0.15, 0.2) is 5.82 Å². The molecular weight excluding hydrogens is 260 g/mol. The van der Waals surface area contributed by atoms with E-state index in [1.165, 1.54) is 0 Å². The molecule has 0 bridgehead atoms. The number of nitrogens with zero attached hydrogens (tertiary/aromatic N) is 3. The fraction of sp³-hybridized carbons (Fsp3) is 0.176. The van der Waals surface area contributed by atoms with Crippen LogP contribution >= 0.6 is 0 Å². The largest absolute Gasteiger partial charge is 0.311 e. The first-order chi connectivity index (χ1) is 10.4. The summed E-state index contributed by atoms with van der Waals surface area (Å²) in [7, 11) is 0. The lowest BCUT2D eigenvalue weighted by atomic mass is 10.1. The molecule has 1 N–H and O–H groups in total. The Morgan fingerprint density at radius 3 is 2.67 bits per heavy atom. The Hall–Kier alpha value is -2.46. The van der Waals surface area contributed by atoms with Crippen molar-refractivity contribution in [2.45, 2.75) is 13.5 Å². The summed E-state index contributed by atoms with van der Waals surface area (Å²) in [6.45, 7) is 3.80. The van der Waals surface area contributed by atoms with Crippen LogP contribution in [0.5, 0.6) is 0 Å². The van der Waals surface area contributed by atoms with Gasteiger partial charge in [0.25, 0.3) is 0 Å². The first-order valence-corrected chi connectivity index (χ1v) is 7.14. The highest BCUT2D eigenvalue weighted by molar-refractivity contribution is 5.61. The van der Waals surface area contributed by atoms with Gasteiger partial charge in [-0.25, -0.2) is 9.67 Å². The van der Waals surface area contributed by atoms with Crippen LogP contribution in [0.15, 0.2) is 60.9 Å². The highest BCUT2D eigenvalue weighted by Gasteiger charge is 2.04. The van der Waals surface area contributed by atoms with Crippen molar-refractivity contribution >= 4 is 0 Å². The van der Waals surface area contributed by atoms with E-state index in [1.807, 2.05) is 53.5 Å². The zero-order valence-corrected chi connectivity index (χ0v) is 12.0. The van der Waals surface area contributed by atoms with Gasteiger partial charge in [-0.15, -0.1) is 0 Å². The van der Waals surface area contributed by atoms with Gasteiger partial charge in [-0.05, 0) is 24.2 Å². The molecule has 0 fully saturated rings. The van der Waals surface area contributed by atoms with Crippen LogP contribution < -0.4 is 5.32 Å². The van der Waals surface area contributed by atoms with E-state index in [9.17, 15) is 0 Å². The number of hydrogen-bond donors (Lipinski definition) is 1. The molecule has 0 saturated carbocycles. The van der Waals surface area contributed by atoms with Gasteiger partial charge in [-0.3, -0.25) is 0 Å². The Kier molecular flexibility index (Phi) is 4.07. The van der Waals surface area contributed by atoms with Gasteiger partial charge in [0, 0.05) is 18.3 Å². The Morgan fingerprint density at radius 2 is 1.86 bits per heavy atom. The van der Waals surface area contributed by atoms with Crippen LogP contribution in [0.25, 0.3) is 16.9 Å². The van der Waals surface area contributed by atoms with Gasteiger partial charge >= 0.3 is 0 Å². The van der Waals surface area contributed by atoms with E-state index in [-0.39, 0.29) is 0 Å². The zero-order chi connectivity index (χ0) is 14.5. The fourth-order valence-electron chi connectivity index (χ4n) is 2.17. The first kappa shape index (κ1) is 13.5. The third-order valence-electron chi connectivity index (χ3n) is 3.27. The van der Waals surface area contributed by atoms with Crippen LogP contribution in [-0.2, 0) is 6.54 Å². The lowest BCUT2D eigenvalue weighted by molar-refractivity contribution is 0.704. The quantitative estimate of drug-likeness (QED) is 0.780. The molecule has 0 saturated heterocycles. The van der Waals surface area contributed by atoms with Gasteiger partial charge in [-0.2, -0.15) is 5.10 Å². The maximum Gasteiger partial charge on any atom is 0.153 e. The molecule has 0 amide bonds. The standard InChI is InChI=1S/C17H18N4/c1-2-18-12-16-9-6-10-17(20-16)21-13-15(11-19-21)14-7-4-3-5-8-14/h3-11,13,18H,2,12H2,1H3. The number of benzene rings is 1. The van der Waals surface area contributed by atoms with Crippen LogP contribution in [0.1, 0.15) is 12.6 Å². The fourth-order valence-corrected chi connectivity index (χ4v) is 2.17. The van der Waals surface area contributed by atoms with Crippen molar-refractivity contribution in [1.82, 2.24) is 20.1 Å². The molecule has 0 atom stereocenters. The minimum atomic E-state index is 0.775. The second-order valence-corrected chi connectivity index (χ2v) is 4.81. The lowest BCUT2D eigenvalue weighted by Gasteiger charge is -2.04. The first-order valence-electron chi connectivity index (χ1n) is 7.14. The molecule has 106 valence electrons. The molecule has 21 heavy (non-hydrogen) atoms. The predicted octanol–water partition coefficient (Wildman–Crippen LogP) is 3.04. The van der Waals surface area contributed by atoms with Crippen LogP contribution in [0.3, 0.4) is 0 Å². The number of pyridine rings is 1. The highest BCUT2D eigenvalue weighted by atomic mass is 15.3. The zero-order valence-electron chi connectivity index (χ0n) is 12.0. The van der Waals surface area contributed by atoms with Crippen LogP contribution in [0, 0.1) is 0 Å². The van der Waals surface area contributed by atoms with E-state index in [0.717, 1.165) is 35.7 Å². The molecule has 4 heteroatoms. The molecule has 2 heterocycles. The van der Waals surface area contributed by atoms with Gasteiger partial charge in [0.2, 0.25) is 0 Å². The summed E-state index contributed by atoms with van der Waals surface area (Å²) < 4.78 is 1.82. The average molecular weight is 278 g/mol. The molecular formula is C17H18N4. The van der Waals surface area contributed by atoms with Crippen molar-refractivity contribution < 1.29 is 0 Å². The summed E-state index contributed by atoms with van der Waals surface area (Å²) in [6, 6.07) is 16.2. The Balaban J connectivity index is 1.86. The van der Waals surface area contributed by atoms with Gasteiger partial charge in [0.05, 0.1) is 11.9 Å². The van der Waals surface area contributed by atoms with E-state index in [4.69, 9.17) is 0 Å². The third-order valence-corrected chi connectivity index (χ3v) is 3.27. The normalized spacial score (nSPS) is 10.7. The summed E-state index contributed by atoms with van der Waals surface area (Å²) >= 11 is 0. The Bertz CT molecular complexity index is 704. The van der Waals surface area contributed by atoms with Gasteiger partial charge in [0.1, 0.15) is 0 Å². The van der Waals surface area contributed by atoms with E-state index in [1.54, 1.807) is 0 Å². The minimum absolute atomic E-state index is 0.775. The van der Waals surface area contributed by atoms with Crippen molar-refractivity contribution in [1.29, 1.82) is 0 Å². The second kappa shape index (κ2) is 6.33. The lowest BCUT2D eigenvalue weighted by Crippen LogP contribution is -2.13. The molecule has 0 radical (unpaired) electrons. The monoisotopic (exact) mass is 278 g/mol. The topological polar surface area (TPSA) is 42.7 Å². The van der Waals surface area contributed by atoms with Crippen LogP contribution in [0.2, 0.25) is 0 Å². The van der Waals surface area contributed by atoms with Gasteiger partial charge in [-0.1, -0.05) is 43.3 Å². The average Bonchev–Trinajstić information content (AvgIpc) is 3.04. The highest BCUT2D eigenvalue weighted by Crippen LogP contribution is 2.19. The summed E-state index contributed by atoms with van der Waals surface area (Å²) in [5, 5.41) is 7.70. The maximum absolute atomic E-state index is 4.63. The third kappa shape index (κ3) is 3.17. The summed E-state index contributed by atoms with van der Waals surface area (Å²) in [4.78, 5) is 4.63. The summed E-state index contributed by atoms with van der Waals surface area (Å²) in [5.41, 5.74) is 3.27. The minimum Gasteiger partial charge on any atom is -0.311 e. The van der Waals surface area contributed by atoms with E-state index in [0.29, 0.717) is 0 Å². The van der Waals surface area contributed by atoms with E-state index >= 15 is 0 Å². The number of rotatable bonds is 5. The molecule has 3 aromatic rings. The number of nitrogens with one attached hydrogen (secondary N) is 1. The molecule has 0 unspecified atom stereocenters. The smallest absolute Gasteiger partial charge is 0.153 e. The maximum atomic E-state index is 4.63. The Morgan fingerprint density at radius 1 is 1.00 bits per heavy atom. The number of hydrogen-bond acceptors (Lipinski definition) is 3. The SMILES string of the molecule is CCNCc1cccc(-n2cc(-c3ccccc3)cn2)n1. The van der Waals surface area contributed by atoms with Crippen LogP contribution in [0.4, 0.5) is 0 Å². The van der Waals surface area contributed by atoms with E-state index in [2.05, 4.69) is 34.5 Å². The molecule has 0 aliphatic rings. The van der Waals surface area contributed by atoms with E-state index < -0.39 is 0 Å². The number of aromatic nitrogens is 3. The van der Waals surface area contributed by atoms with Crippen molar-refractivity contribution in [2.24, 2.45) is 0 Å². The molecule has 1 aromatic carbocycles. The molecule has 3 rings (SSSR count). The van der Waals surface area contributed by atoms with Gasteiger partial charge < -0.3 is 5.32 Å². The van der Waals surface area contributed by atoms with Crippen molar-refractivity contribution in [3.63, 3.8) is 0 Å². The van der Waals surface area contributed by atoms with Crippen molar-refractivity contribution in [3.8, 4) is 16.9 Å². The van der Waals surface area contributed by atoms with Crippen molar-refractivity contribution in [3.05, 3.63) is 66.6 Å². The van der Waals surface area contributed by atoms with Crippen molar-refractivity contribution in [2.75, 3.05) is 6.54 Å². The molecule has 0 aliphatic heterocycles. The Labute approximate surface area is 124 Å². The van der Waals surface area contributed by atoms with Crippen LogP contribution in [-0.4, -0.2) is 21.3 Å².